The third-order valence-corrected chi connectivity index (χ3v) is 2.31. The molecule has 1 unspecified atom stereocenters. The average Bonchev–Trinajstić information content (AvgIpc) is 2.19. The predicted octanol–water partition coefficient (Wildman–Crippen LogP) is 1.47. The molecule has 0 amide bonds. The summed E-state index contributed by atoms with van der Waals surface area (Å²) in [5.74, 6) is 0.338. The van der Waals surface area contributed by atoms with Gasteiger partial charge in [-0.2, -0.15) is 0 Å². The Morgan fingerprint density at radius 1 is 1.20 bits per heavy atom. The first-order valence-electron chi connectivity index (χ1n) is 4.59. The molecule has 3 nitrogen and oxygen atoms in total. The number of phenols is 1. The van der Waals surface area contributed by atoms with Crippen LogP contribution in [-0.4, -0.2) is 24.7 Å². The summed E-state index contributed by atoms with van der Waals surface area (Å²) in [6.07, 6.45) is 0. The molecule has 1 aromatic carbocycles. The van der Waals surface area contributed by atoms with E-state index in [-0.39, 0.29) is 24.8 Å². The van der Waals surface area contributed by atoms with Gasteiger partial charge in [-0.3, -0.25) is 0 Å². The standard InChI is InChI=1S/C10H14N2O.2ClH/c13-9-3-1-2-8(6-9)10-7-11-4-5-12-10;;/h1-3,6,10-13H,4-5,7H2;2*1H. The van der Waals surface area contributed by atoms with Crippen molar-refractivity contribution in [3.8, 4) is 5.75 Å². The van der Waals surface area contributed by atoms with Crippen LogP contribution in [0.15, 0.2) is 24.3 Å². The van der Waals surface area contributed by atoms with E-state index in [1.807, 2.05) is 18.2 Å². The van der Waals surface area contributed by atoms with E-state index in [1.165, 1.54) is 0 Å². The molecule has 2 rings (SSSR count). The van der Waals surface area contributed by atoms with Crippen LogP contribution in [0.3, 0.4) is 0 Å². The van der Waals surface area contributed by atoms with E-state index in [2.05, 4.69) is 10.6 Å². The van der Waals surface area contributed by atoms with Gasteiger partial charge in [-0.1, -0.05) is 12.1 Å². The highest BCUT2D eigenvalue weighted by Crippen LogP contribution is 2.18. The second-order valence-corrected chi connectivity index (χ2v) is 3.31. The first-order valence-corrected chi connectivity index (χ1v) is 4.59. The molecule has 1 aliphatic rings. The Balaban J connectivity index is 0.000000980. The second-order valence-electron chi connectivity index (χ2n) is 3.31. The summed E-state index contributed by atoms with van der Waals surface area (Å²) in [5.41, 5.74) is 1.15. The van der Waals surface area contributed by atoms with Crippen LogP contribution in [0.4, 0.5) is 0 Å². The van der Waals surface area contributed by atoms with Gasteiger partial charge in [0, 0.05) is 25.7 Å². The molecule has 86 valence electrons. The normalized spacial score (nSPS) is 19.9. The van der Waals surface area contributed by atoms with Crippen LogP contribution >= 0.6 is 24.8 Å². The molecule has 0 spiro atoms. The zero-order chi connectivity index (χ0) is 9.10. The molecule has 0 radical (unpaired) electrons. The maximum absolute atomic E-state index is 9.30. The van der Waals surface area contributed by atoms with Crippen LogP contribution in [0.5, 0.6) is 5.75 Å². The fraction of sp³-hybridized carbons (Fsp3) is 0.400. The van der Waals surface area contributed by atoms with Crippen molar-refractivity contribution in [3.63, 3.8) is 0 Å². The third kappa shape index (κ3) is 3.87. The zero-order valence-corrected chi connectivity index (χ0v) is 9.90. The number of nitrogens with one attached hydrogen (secondary N) is 2. The molecule has 0 bridgehead atoms. The minimum absolute atomic E-state index is 0. The first-order chi connectivity index (χ1) is 6.36. The molecule has 1 fully saturated rings. The summed E-state index contributed by atoms with van der Waals surface area (Å²) in [6.45, 7) is 2.94. The summed E-state index contributed by atoms with van der Waals surface area (Å²) < 4.78 is 0. The lowest BCUT2D eigenvalue weighted by atomic mass is 10.1. The van der Waals surface area contributed by atoms with Crippen molar-refractivity contribution in [2.75, 3.05) is 19.6 Å². The molecule has 0 aromatic heterocycles. The largest absolute Gasteiger partial charge is 0.508 e. The number of benzene rings is 1. The van der Waals surface area contributed by atoms with Gasteiger partial charge in [-0.25, -0.2) is 0 Å². The molecular weight excluding hydrogens is 235 g/mol. The van der Waals surface area contributed by atoms with Crippen molar-refractivity contribution < 1.29 is 5.11 Å². The van der Waals surface area contributed by atoms with Crippen LogP contribution in [0, 0.1) is 0 Å². The van der Waals surface area contributed by atoms with Crippen molar-refractivity contribution in [1.82, 2.24) is 10.6 Å². The summed E-state index contributed by atoms with van der Waals surface area (Å²) in [6, 6.07) is 7.75. The molecule has 1 aliphatic heterocycles. The van der Waals surface area contributed by atoms with E-state index in [9.17, 15) is 5.11 Å². The van der Waals surface area contributed by atoms with Gasteiger partial charge in [-0.05, 0) is 17.7 Å². The zero-order valence-electron chi connectivity index (χ0n) is 8.27. The lowest BCUT2D eigenvalue weighted by Crippen LogP contribution is -2.42. The molecule has 1 atom stereocenters. The number of rotatable bonds is 1. The Bertz CT molecular complexity index is 291. The molecule has 0 aliphatic carbocycles. The van der Waals surface area contributed by atoms with Crippen LogP contribution in [0.2, 0.25) is 0 Å². The quantitative estimate of drug-likeness (QED) is 0.708. The average molecular weight is 251 g/mol. The molecular formula is C10H16Cl2N2O. The highest BCUT2D eigenvalue weighted by atomic mass is 35.5. The number of phenolic OH excluding ortho intramolecular Hbond substituents is 1. The van der Waals surface area contributed by atoms with E-state index in [0.29, 0.717) is 11.8 Å². The van der Waals surface area contributed by atoms with Gasteiger partial charge in [-0.15, -0.1) is 24.8 Å². The molecule has 15 heavy (non-hydrogen) atoms. The van der Waals surface area contributed by atoms with E-state index in [1.54, 1.807) is 6.07 Å². The maximum Gasteiger partial charge on any atom is 0.115 e. The lowest BCUT2D eigenvalue weighted by Gasteiger charge is -2.24. The van der Waals surface area contributed by atoms with Gasteiger partial charge in [0.05, 0.1) is 0 Å². The van der Waals surface area contributed by atoms with E-state index >= 15 is 0 Å². The second kappa shape index (κ2) is 6.90. The van der Waals surface area contributed by atoms with Crippen molar-refractivity contribution >= 4 is 24.8 Å². The van der Waals surface area contributed by atoms with Gasteiger partial charge in [0.25, 0.3) is 0 Å². The smallest absolute Gasteiger partial charge is 0.115 e. The fourth-order valence-electron chi connectivity index (χ4n) is 1.63. The Hall–Kier alpha value is -0.480. The van der Waals surface area contributed by atoms with Crippen molar-refractivity contribution in [2.24, 2.45) is 0 Å². The summed E-state index contributed by atoms with van der Waals surface area (Å²) >= 11 is 0. The van der Waals surface area contributed by atoms with Gasteiger partial charge < -0.3 is 15.7 Å². The predicted molar refractivity (Wildman–Crippen MR) is 66.2 cm³/mol. The topological polar surface area (TPSA) is 44.3 Å². The molecule has 1 aromatic rings. The molecule has 5 heteroatoms. The Morgan fingerprint density at radius 3 is 2.60 bits per heavy atom. The van der Waals surface area contributed by atoms with E-state index < -0.39 is 0 Å². The van der Waals surface area contributed by atoms with E-state index in [4.69, 9.17) is 0 Å². The number of hydrogen-bond donors (Lipinski definition) is 3. The maximum atomic E-state index is 9.30. The SMILES string of the molecule is Cl.Cl.Oc1cccc(C2CNCCN2)c1. The number of piperazine rings is 1. The van der Waals surface area contributed by atoms with Crippen molar-refractivity contribution in [3.05, 3.63) is 29.8 Å². The van der Waals surface area contributed by atoms with E-state index in [0.717, 1.165) is 25.2 Å². The Labute approximate surface area is 102 Å². The van der Waals surface area contributed by atoms with Gasteiger partial charge in [0.2, 0.25) is 0 Å². The summed E-state index contributed by atoms with van der Waals surface area (Å²) in [5, 5.41) is 16.0. The fourth-order valence-corrected chi connectivity index (χ4v) is 1.63. The first kappa shape index (κ1) is 14.5. The minimum atomic E-state index is 0. The number of halogens is 2. The molecule has 1 saturated heterocycles. The monoisotopic (exact) mass is 250 g/mol. The minimum Gasteiger partial charge on any atom is -0.508 e. The third-order valence-electron chi connectivity index (χ3n) is 2.31. The Morgan fingerprint density at radius 2 is 2.00 bits per heavy atom. The summed E-state index contributed by atoms with van der Waals surface area (Å²) in [4.78, 5) is 0. The number of aromatic hydroxyl groups is 1. The van der Waals surface area contributed by atoms with Crippen LogP contribution in [0.1, 0.15) is 11.6 Å². The Kier molecular flexibility index (Phi) is 6.68. The highest BCUT2D eigenvalue weighted by Gasteiger charge is 2.13. The van der Waals surface area contributed by atoms with Gasteiger partial charge >= 0.3 is 0 Å². The molecule has 0 saturated carbocycles. The molecule has 1 heterocycles. The molecule has 3 N–H and O–H groups in total. The van der Waals surface area contributed by atoms with Gasteiger partial charge in [0.15, 0.2) is 0 Å². The highest BCUT2D eigenvalue weighted by molar-refractivity contribution is 5.85. The van der Waals surface area contributed by atoms with Crippen molar-refractivity contribution in [2.45, 2.75) is 6.04 Å². The summed E-state index contributed by atoms with van der Waals surface area (Å²) in [7, 11) is 0. The van der Waals surface area contributed by atoms with Crippen LogP contribution < -0.4 is 10.6 Å². The van der Waals surface area contributed by atoms with Crippen LogP contribution in [-0.2, 0) is 0 Å². The lowest BCUT2D eigenvalue weighted by molar-refractivity contribution is 0.426. The van der Waals surface area contributed by atoms with Gasteiger partial charge in [0.1, 0.15) is 5.75 Å². The number of hydrogen-bond acceptors (Lipinski definition) is 3. The van der Waals surface area contributed by atoms with Crippen LogP contribution in [0.25, 0.3) is 0 Å². The van der Waals surface area contributed by atoms with Crippen molar-refractivity contribution in [1.29, 1.82) is 0 Å².